The summed E-state index contributed by atoms with van der Waals surface area (Å²) in [5.74, 6) is -0.174. The van der Waals surface area contributed by atoms with Crippen molar-refractivity contribution in [3.63, 3.8) is 0 Å². The van der Waals surface area contributed by atoms with E-state index in [4.69, 9.17) is 23.2 Å². The van der Waals surface area contributed by atoms with E-state index in [0.717, 1.165) is 5.69 Å². The first-order valence-corrected chi connectivity index (χ1v) is 9.30. The maximum atomic E-state index is 12.6. The molecule has 2 N–H and O–H groups in total. The third-order valence-corrected chi connectivity index (χ3v) is 4.57. The lowest BCUT2D eigenvalue weighted by Crippen LogP contribution is -2.29. The van der Waals surface area contributed by atoms with Gasteiger partial charge in [0.25, 0.3) is 11.8 Å². The molecule has 0 fully saturated rings. The smallest absolute Gasteiger partial charge is 0.255 e. The normalized spacial score (nSPS) is 10.6. The molecule has 5 nitrogen and oxygen atoms in total. The highest BCUT2D eigenvalue weighted by atomic mass is 35.5. The molecule has 0 atom stereocenters. The van der Waals surface area contributed by atoms with Gasteiger partial charge in [-0.3, -0.25) is 9.59 Å². The highest BCUT2D eigenvalue weighted by Crippen LogP contribution is 2.25. The molecular weight excluding hydrogens is 385 g/mol. The Labute approximate surface area is 169 Å². The molecule has 2 aromatic carbocycles. The van der Waals surface area contributed by atoms with E-state index in [1.807, 2.05) is 32.8 Å². The maximum absolute atomic E-state index is 12.6. The number of benzene rings is 2. The molecule has 0 radical (unpaired) electrons. The number of nitrogens with zero attached hydrogens (tertiary/aromatic N) is 1. The number of anilines is 2. The van der Waals surface area contributed by atoms with Crippen LogP contribution in [-0.2, 0) is 0 Å². The number of hydrogen-bond acceptors (Lipinski definition) is 3. The molecule has 0 aliphatic heterocycles. The summed E-state index contributed by atoms with van der Waals surface area (Å²) >= 11 is 11.9. The predicted molar refractivity (Wildman–Crippen MR) is 112 cm³/mol. The zero-order chi connectivity index (χ0) is 20.1. The summed E-state index contributed by atoms with van der Waals surface area (Å²) in [7, 11) is 3.73. The van der Waals surface area contributed by atoms with E-state index in [0.29, 0.717) is 39.3 Å². The van der Waals surface area contributed by atoms with Crippen LogP contribution in [0.5, 0.6) is 0 Å². The van der Waals surface area contributed by atoms with Gasteiger partial charge in [-0.15, -0.1) is 0 Å². The van der Waals surface area contributed by atoms with Crippen LogP contribution in [0.4, 0.5) is 11.4 Å². The average molecular weight is 408 g/mol. The summed E-state index contributed by atoms with van der Waals surface area (Å²) < 4.78 is 0. The predicted octanol–water partition coefficient (Wildman–Crippen LogP) is 4.70. The lowest BCUT2D eigenvalue weighted by Gasteiger charge is -2.19. The molecule has 2 amide bonds. The van der Waals surface area contributed by atoms with Gasteiger partial charge in [0.1, 0.15) is 0 Å². The van der Waals surface area contributed by atoms with Gasteiger partial charge in [0.05, 0.1) is 15.6 Å². The molecule has 0 aromatic heterocycles. The first kappa shape index (κ1) is 21.1. The topological polar surface area (TPSA) is 61.4 Å². The van der Waals surface area contributed by atoms with Crippen molar-refractivity contribution in [2.45, 2.75) is 13.8 Å². The quantitative estimate of drug-likeness (QED) is 0.729. The van der Waals surface area contributed by atoms with E-state index >= 15 is 0 Å². The van der Waals surface area contributed by atoms with Gasteiger partial charge in [0.15, 0.2) is 0 Å². The lowest BCUT2D eigenvalue weighted by atomic mass is 10.1. The van der Waals surface area contributed by atoms with Gasteiger partial charge in [-0.2, -0.15) is 0 Å². The lowest BCUT2D eigenvalue weighted by molar-refractivity contribution is 0.0948. The van der Waals surface area contributed by atoms with E-state index in [9.17, 15) is 9.59 Å². The Bertz CT molecular complexity index is 851. The summed E-state index contributed by atoms with van der Waals surface area (Å²) in [4.78, 5) is 26.9. The number of carbonyl (C=O) groups is 2. The van der Waals surface area contributed by atoms with Crippen molar-refractivity contribution in [1.29, 1.82) is 0 Å². The van der Waals surface area contributed by atoms with Gasteiger partial charge in [-0.25, -0.2) is 0 Å². The molecule has 2 rings (SSSR count). The number of nitrogens with one attached hydrogen (secondary N) is 2. The molecule has 0 aliphatic rings. The Morgan fingerprint density at radius 2 is 1.70 bits per heavy atom. The van der Waals surface area contributed by atoms with Crippen LogP contribution in [0.3, 0.4) is 0 Å². The van der Waals surface area contributed by atoms with E-state index in [1.54, 1.807) is 30.3 Å². The standard InChI is InChI=1S/C20H23Cl2N3O2/c1-12(2)11-23-20(27)15-10-14(6-8-18(15)25(3)4)24-19(26)13-5-7-16(21)17(22)9-13/h5-10,12H,11H2,1-4H3,(H,23,27)(H,24,26). The zero-order valence-corrected chi connectivity index (χ0v) is 17.3. The van der Waals surface area contributed by atoms with Crippen molar-refractivity contribution in [2.75, 3.05) is 30.9 Å². The van der Waals surface area contributed by atoms with Crippen LogP contribution >= 0.6 is 23.2 Å². The molecule has 2 aromatic rings. The SMILES string of the molecule is CC(C)CNC(=O)c1cc(NC(=O)c2ccc(Cl)c(Cl)c2)ccc1N(C)C. The number of amides is 2. The van der Waals surface area contributed by atoms with Crippen LogP contribution in [0, 0.1) is 5.92 Å². The second kappa shape index (κ2) is 9.11. The second-order valence-electron chi connectivity index (χ2n) is 6.81. The molecule has 144 valence electrons. The van der Waals surface area contributed by atoms with E-state index in [2.05, 4.69) is 10.6 Å². The number of rotatable bonds is 6. The maximum Gasteiger partial charge on any atom is 0.255 e. The molecule has 0 saturated heterocycles. The molecular formula is C20H23Cl2N3O2. The Balaban J connectivity index is 2.26. The van der Waals surface area contributed by atoms with E-state index < -0.39 is 0 Å². The Hall–Kier alpha value is -2.24. The van der Waals surface area contributed by atoms with Crippen LogP contribution in [0.25, 0.3) is 0 Å². The van der Waals surface area contributed by atoms with Crippen molar-refractivity contribution in [2.24, 2.45) is 5.92 Å². The van der Waals surface area contributed by atoms with Gasteiger partial charge in [0, 0.05) is 37.6 Å². The van der Waals surface area contributed by atoms with Crippen molar-refractivity contribution < 1.29 is 9.59 Å². The van der Waals surface area contributed by atoms with Gasteiger partial charge in [-0.05, 0) is 42.3 Å². The molecule has 0 unspecified atom stereocenters. The number of carbonyl (C=O) groups excluding carboxylic acids is 2. The third kappa shape index (κ3) is 5.62. The van der Waals surface area contributed by atoms with E-state index in [-0.39, 0.29) is 11.8 Å². The van der Waals surface area contributed by atoms with Gasteiger partial charge < -0.3 is 15.5 Å². The molecule has 0 aliphatic carbocycles. The van der Waals surface area contributed by atoms with Gasteiger partial charge in [-0.1, -0.05) is 37.0 Å². The van der Waals surface area contributed by atoms with Crippen LogP contribution in [0.2, 0.25) is 10.0 Å². The minimum atomic E-state index is -0.334. The van der Waals surface area contributed by atoms with Crippen molar-refractivity contribution in [3.05, 3.63) is 57.6 Å². The molecule has 7 heteroatoms. The van der Waals surface area contributed by atoms with Crippen molar-refractivity contribution in [3.8, 4) is 0 Å². The monoisotopic (exact) mass is 407 g/mol. The van der Waals surface area contributed by atoms with Crippen LogP contribution in [-0.4, -0.2) is 32.5 Å². The van der Waals surface area contributed by atoms with Crippen LogP contribution in [0.15, 0.2) is 36.4 Å². The van der Waals surface area contributed by atoms with E-state index in [1.165, 1.54) is 6.07 Å². The zero-order valence-electron chi connectivity index (χ0n) is 15.8. The highest BCUT2D eigenvalue weighted by Gasteiger charge is 2.16. The van der Waals surface area contributed by atoms with Crippen LogP contribution in [0.1, 0.15) is 34.6 Å². The fourth-order valence-electron chi connectivity index (χ4n) is 2.42. The third-order valence-electron chi connectivity index (χ3n) is 3.83. The van der Waals surface area contributed by atoms with Gasteiger partial charge >= 0.3 is 0 Å². The molecule has 0 heterocycles. The molecule has 27 heavy (non-hydrogen) atoms. The molecule has 0 saturated carbocycles. The second-order valence-corrected chi connectivity index (χ2v) is 7.63. The minimum absolute atomic E-state index is 0.182. The number of hydrogen-bond donors (Lipinski definition) is 2. The first-order valence-electron chi connectivity index (χ1n) is 8.55. The van der Waals surface area contributed by atoms with Crippen LogP contribution < -0.4 is 15.5 Å². The fraction of sp³-hybridized carbons (Fsp3) is 0.300. The average Bonchev–Trinajstić information content (AvgIpc) is 2.61. The highest BCUT2D eigenvalue weighted by molar-refractivity contribution is 6.42. The number of halogens is 2. The largest absolute Gasteiger partial charge is 0.377 e. The molecule has 0 spiro atoms. The Kier molecular flexibility index (Phi) is 7.11. The molecule has 0 bridgehead atoms. The summed E-state index contributed by atoms with van der Waals surface area (Å²) in [6.07, 6.45) is 0. The Morgan fingerprint density at radius 1 is 1.00 bits per heavy atom. The minimum Gasteiger partial charge on any atom is -0.377 e. The summed E-state index contributed by atoms with van der Waals surface area (Å²) in [5, 5.41) is 6.39. The summed E-state index contributed by atoms with van der Waals surface area (Å²) in [5.41, 5.74) is 2.16. The first-order chi connectivity index (χ1) is 12.7. The fourth-order valence-corrected chi connectivity index (χ4v) is 2.72. The summed E-state index contributed by atoms with van der Waals surface area (Å²) in [6.45, 7) is 4.63. The van der Waals surface area contributed by atoms with Crippen molar-refractivity contribution in [1.82, 2.24) is 5.32 Å². The van der Waals surface area contributed by atoms with Crippen molar-refractivity contribution >= 4 is 46.4 Å². The summed E-state index contributed by atoms with van der Waals surface area (Å²) in [6, 6.07) is 9.88. The Morgan fingerprint density at radius 3 is 2.30 bits per heavy atom. The van der Waals surface area contributed by atoms with Gasteiger partial charge in [0.2, 0.25) is 0 Å².